The van der Waals surface area contributed by atoms with Crippen LogP contribution in [0.2, 0.25) is 0 Å². The van der Waals surface area contributed by atoms with Crippen molar-refractivity contribution in [1.29, 1.82) is 0 Å². The van der Waals surface area contributed by atoms with E-state index in [2.05, 4.69) is 40.8 Å². The standard InChI is InChI=1S/C23H37N5O/c1-3-24-23(25-12-6-7-13-28-14-8-9-18(2)17-28)26-16-19-15-22(29)27-21-11-5-4-10-20(19)21/h4-5,10-11,18-19H,3,6-9,12-17H2,1-2H3,(H,27,29)(H2,24,25,26). The van der Waals surface area contributed by atoms with Crippen molar-refractivity contribution in [2.75, 3.05) is 44.6 Å². The Morgan fingerprint density at radius 3 is 2.97 bits per heavy atom. The summed E-state index contributed by atoms with van der Waals surface area (Å²) in [5.74, 6) is 1.91. The SMILES string of the molecule is CCNC(=NCC1CC(=O)Nc2ccccc21)NCCCCN1CCCC(C)C1. The molecule has 0 bridgehead atoms. The van der Waals surface area contributed by atoms with Crippen molar-refractivity contribution in [3.8, 4) is 0 Å². The fraction of sp³-hybridized carbons (Fsp3) is 0.652. The molecule has 0 aliphatic carbocycles. The van der Waals surface area contributed by atoms with Gasteiger partial charge in [-0.3, -0.25) is 9.79 Å². The van der Waals surface area contributed by atoms with Crippen LogP contribution in [0.1, 0.15) is 57.4 Å². The number of piperidine rings is 1. The summed E-state index contributed by atoms with van der Waals surface area (Å²) in [6, 6.07) is 8.05. The molecule has 29 heavy (non-hydrogen) atoms. The number of aliphatic imine (C=N–C) groups is 1. The van der Waals surface area contributed by atoms with Gasteiger partial charge in [-0.2, -0.15) is 0 Å². The molecule has 3 N–H and O–H groups in total. The van der Waals surface area contributed by atoms with E-state index in [-0.39, 0.29) is 11.8 Å². The van der Waals surface area contributed by atoms with E-state index < -0.39 is 0 Å². The van der Waals surface area contributed by atoms with Crippen LogP contribution in [-0.2, 0) is 4.79 Å². The van der Waals surface area contributed by atoms with E-state index in [4.69, 9.17) is 4.99 Å². The molecule has 3 rings (SSSR count). The van der Waals surface area contributed by atoms with Gasteiger partial charge in [0.25, 0.3) is 0 Å². The average molecular weight is 400 g/mol. The van der Waals surface area contributed by atoms with Crippen LogP contribution in [0.4, 0.5) is 5.69 Å². The minimum atomic E-state index is 0.0777. The van der Waals surface area contributed by atoms with Crippen LogP contribution in [-0.4, -0.2) is 56.0 Å². The minimum Gasteiger partial charge on any atom is -0.357 e. The van der Waals surface area contributed by atoms with Crippen molar-refractivity contribution in [3.05, 3.63) is 29.8 Å². The lowest BCUT2D eigenvalue weighted by molar-refractivity contribution is -0.116. The maximum absolute atomic E-state index is 12.0. The number of unbranched alkanes of at least 4 members (excludes halogenated alkanes) is 1. The van der Waals surface area contributed by atoms with Crippen LogP contribution in [0.5, 0.6) is 0 Å². The van der Waals surface area contributed by atoms with Gasteiger partial charge in [0.2, 0.25) is 5.91 Å². The number of para-hydroxylation sites is 1. The molecule has 2 atom stereocenters. The van der Waals surface area contributed by atoms with Gasteiger partial charge in [0, 0.05) is 37.7 Å². The van der Waals surface area contributed by atoms with Gasteiger partial charge in [-0.25, -0.2) is 0 Å². The Bertz CT molecular complexity index is 690. The first kappa shape index (κ1) is 21.6. The van der Waals surface area contributed by atoms with Crippen LogP contribution in [0, 0.1) is 5.92 Å². The van der Waals surface area contributed by atoms with Crippen LogP contribution < -0.4 is 16.0 Å². The highest BCUT2D eigenvalue weighted by Crippen LogP contribution is 2.31. The molecule has 160 valence electrons. The van der Waals surface area contributed by atoms with E-state index in [1.165, 1.54) is 44.5 Å². The van der Waals surface area contributed by atoms with E-state index in [9.17, 15) is 4.79 Å². The number of guanidine groups is 1. The summed E-state index contributed by atoms with van der Waals surface area (Å²) in [4.78, 5) is 19.4. The summed E-state index contributed by atoms with van der Waals surface area (Å²) >= 11 is 0. The molecule has 0 spiro atoms. The lowest BCUT2D eigenvalue weighted by Gasteiger charge is -2.30. The molecule has 1 fully saturated rings. The lowest BCUT2D eigenvalue weighted by Crippen LogP contribution is -2.39. The summed E-state index contributed by atoms with van der Waals surface area (Å²) in [6.07, 6.45) is 5.58. The second kappa shape index (κ2) is 11.2. The Hall–Kier alpha value is -2.08. The molecule has 2 aliphatic rings. The molecule has 1 amide bonds. The van der Waals surface area contributed by atoms with Crippen LogP contribution in [0.25, 0.3) is 0 Å². The molecule has 1 saturated heterocycles. The predicted molar refractivity (Wildman–Crippen MR) is 120 cm³/mol. The number of fused-ring (bicyclic) bond motifs is 1. The number of benzene rings is 1. The van der Waals surface area contributed by atoms with Crippen molar-refractivity contribution in [3.63, 3.8) is 0 Å². The van der Waals surface area contributed by atoms with Crippen molar-refractivity contribution in [2.24, 2.45) is 10.9 Å². The number of nitrogens with one attached hydrogen (secondary N) is 3. The summed E-state index contributed by atoms with van der Waals surface area (Å²) in [5, 5.41) is 9.75. The average Bonchev–Trinajstić information content (AvgIpc) is 2.71. The largest absolute Gasteiger partial charge is 0.357 e. The maximum Gasteiger partial charge on any atom is 0.225 e. The molecule has 6 nitrogen and oxygen atoms in total. The summed E-state index contributed by atoms with van der Waals surface area (Å²) in [7, 11) is 0. The smallest absolute Gasteiger partial charge is 0.225 e. The van der Waals surface area contributed by atoms with Crippen LogP contribution in [0.15, 0.2) is 29.3 Å². The number of nitrogens with zero attached hydrogens (tertiary/aromatic N) is 2. The Morgan fingerprint density at radius 1 is 1.28 bits per heavy atom. The number of hydrogen-bond acceptors (Lipinski definition) is 3. The number of amides is 1. The van der Waals surface area contributed by atoms with Crippen molar-refractivity contribution in [1.82, 2.24) is 15.5 Å². The summed E-state index contributed by atoms with van der Waals surface area (Å²) in [6.45, 7) is 10.5. The van der Waals surface area contributed by atoms with Crippen molar-refractivity contribution < 1.29 is 4.79 Å². The number of rotatable bonds is 8. The third-order valence-electron chi connectivity index (χ3n) is 5.86. The second-order valence-corrected chi connectivity index (χ2v) is 8.44. The maximum atomic E-state index is 12.0. The molecule has 1 aromatic carbocycles. The summed E-state index contributed by atoms with van der Waals surface area (Å²) in [5.41, 5.74) is 2.11. The van der Waals surface area contributed by atoms with Gasteiger partial charge >= 0.3 is 0 Å². The van der Waals surface area contributed by atoms with E-state index in [1.807, 2.05) is 18.2 Å². The van der Waals surface area contributed by atoms with E-state index >= 15 is 0 Å². The predicted octanol–water partition coefficient (Wildman–Crippen LogP) is 3.18. The van der Waals surface area contributed by atoms with Crippen molar-refractivity contribution >= 4 is 17.6 Å². The quantitative estimate of drug-likeness (QED) is 0.357. The highest BCUT2D eigenvalue weighted by atomic mass is 16.1. The Kier molecular flexibility index (Phi) is 8.35. The zero-order valence-corrected chi connectivity index (χ0v) is 18.0. The molecule has 2 aliphatic heterocycles. The van der Waals surface area contributed by atoms with Crippen LogP contribution >= 0.6 is 0 Å². The molecular weight excluding hydrogens is 362 g/mol. The number of carbonyl (C=O) groups excluding carboxylic acids is 1. The van der Waals surface area contributed by atoms with E-state index in [1.54, 1.807) is 0 Å². The van der Waals surface area contributed by atoms with Crippen molar-refractivity contribution in [2.45, 2.75) is 51.9 Å². The molecule has 2 unspecified atom stereocenters. The molecule has 0 radical (unpaired) electrons. The number of hydrogen-bond donors (Lipinski definition) is 3. The van der Waals surface area contributed by atoms with Gasteiger partial charge in [0.15, 0.2) is 5.96 Å². The van der Waals surface area contributed by atoms with Crippen LogP contribution in [0.3, 0.4) is 0 Å². The first-order valence-corrected chi connectivity index (χ1v) is 11.3. The minimum absolute atomic E-state index is 0.0777. The van der Waals surface area contributed by atoms with E-state index in [0.717, 1.165) is 37.1 Å². The molecule has 6 heteroatoms. The fourth-order valence-corrected chi connectivity index (χ4v) is 4.36. The third-order valence-corrected chi connectivity index (χ3v) is 5.86. The number of anilines is 1. The van der Waals surface area contributed by atoms with Gasteiger partial charge in [0.1, 0.15) is 0 Å². The first-order chi connectivity index (χ1) is 14.2. The molecular formula is C23H37N5O. The topological polar surface area (TPSA) is 68.8 Å². The van der Waals surface area contributed by atoms with Gasteiger partial charge in [0.05, 0.1) is 6.54 Å². The second-order valence-electron chi connectivity index (χ2n) is 8.44. The molecule has 0 saturated carbocycles. The Balaban J connectivity index is 1.44. The highest BCUT2D eigenvalue weighted by molar-refractivity contribution is 5.94. The van der Waals surface area contributed by atoms with Gasteiger partial charge < -0.3 is 20.9 Å². The molecule has 0 aromatic heterocycles. The first-order valence-electron chi connectivity index (χ1n) is 11.3. The Morgan fingerprint density at radius 2 is 2.14 bits per heavy atom. The Labute approximate surface area is 175 Å². The zero-order valence-electron chi connectivity index (χ0n) is 18.0. The fourth-order valence-electron chi connectivity index (χ4n) is 4.36. The number of carbonyl (C=O) groups is 1. The molecule has 1 aromatic rings. The van der Waals surface area contributed by atoms with Gasteiger partial charge in [-0.1, -0.05) is 25.1 Å². The molecule has 2 heterocycles. The summed E-state index contributed by atoms with van der Waals surface area (Å²) < 4.78 is 0. The van der Waals surface area contributed by atoms with Gasteiger partial charge in [-0.05, 0) is 63.2 Å². The van der Waals surface area contributed by atoms with Gasteiger partial charge in [-0.15, -0.1) is 0 Å². The number of likely N-dealkylation sites (tertiary alicyclic amines) is 1. The highest BCUT2D eigenvalue weighted by Gasteiger charge is 2.24. The lowest BCUT2D eigenvalue weighted by atomic mass is 9.91. The normalized spacial score (nSPS) is 22.7. The van der Waals surface area contributed by atoms with E-state index in [0.29, 0.717) is 13.0 Å². The zero-order chi connectivity index (χ0) is 20.5. The monoisotopic (exact) mass is 399 g/mol. The third kappa shape index (κ3) is 6.74.